The summed E-state index contributed by atoms with van der Waals surface area (Å²) >= 11 is 0. The lowest BCUT2D eigenvalue weighted by molar-refractivity contribution is -0.114. The lowest BCUT2D eigenvalue weighted by Crippen LogP contribution is -2.10. The molecular formula is C19H22N2O2. The van der Waals surface area contributed by atoms with Crippen LogP contribution in [0.1, 0.15) is 36.6 Å². The molecule has 4 nitrogen and oxygen atoms in total. The number of rotatable bonds is 3. The van der Waals surface area contributed by atoms with E-state index in [9.17, 15) is 4.79 Å². The van der Waals surface area contributed by atoms with Crippen LogP contribution >= 0.6 is 0 Å². The molecule has 1 amide bonds. The Kier molecular flexibility index (Phi) is 4.33. The fourth-order valence-electron chi connectivity index (χ4n) is 3.42. The minimum atomic E-state index is -0.0613. The first-order chi connectivity index (χ1) is 11.1. The Labute approximate surface area is 136 Å². The lowest BCUT2D eigenvalue weighted by atomic mass is 9.85. The molecule has 0 spiro atoms. The van der Waals surface area contributed by atoms with E-state index in [1.165, 1.54) is 36.5 Å². The van der Waals surface area contributed by atoms with Gasteiger partial charge in [0.15, 0.2) is 0 Å². The second-order valence-electron chi connectivity index (χ2n) is 6.01. The molecule has 0 atom stereocenters. The summed E-state index contributed by atoms with van der Waals surface area (Å²) in [7, 11) is 1.69. The van der Waals surface area contributed by atoms with Crippen LogP contribution in [0.25, 0.3) is 11.1 Å². The maximum absolute atomic E-state index is 11.3. The third-order valence-corrected chi connectivity index (χ3v) is 4.32. The highest BCUT2D eigenvalue weighted by atomic mass is 16.5. The van der Waals surface area contributed by atoms with E-state index in [1.807, 2.05) is 25.1 Å². The molecule has 0 bridgehead atoms. The number of carbonyl (C=O) groups is 1. The molecule has 1 aromatic heterocycles. The zero-order valence-corrected chi connectivity index (χ0v) is 13.9. The number of pyridine rings is 1. The SMILES string of the molecule is COc1nc(C)c(-c2cccc(NC(C)=O)c2)c2c1CCCC2. The van der Waals surface area contributed by atoms with E-state index < -0.39 is 0 Å². The fraction of sp³-hybridized carbons (Fsp3) is 0.368. The van der Waals surface area contributed by atoms with E-state index in [0.717, 1.165) is 35.7 Å². The Morgan fingerprint density at radius 1 is 1.22 bits per heavy atom. The second kappa shape index (κ2) is 6.41. The molecule has 23 heavy (non-hydrogen) atoms. The summed E-state index contributed by atoms with van der Waals surface area (Å²) in [6.07, 6.45) is 4.44. The Morgan fingerprint density at radius 2 is 1.96 bits per heavy atom. The number of hydrogen-bond acceptors (Lipinski definition) is 3. The van der Waals surface area contributed by atoms with Crippen LogP contribution in [0, 0.1) is 6.92 Å². The number of nitrogens with one attached hydrogen (secondary N) is 1. The zero-order chi connectivity index (χ0) is 16.4. The number of hydrogen-bond donors (Lipinski definition) is 1. The number of ether oxygens (including phenoxy) is 1. The molecule has 0 saturated carbocycles. The molecule has 3 rings (SSSR count). The molecule has 1 aromatic carbocycles. The van der Waals surface area contributed by atoms with Gasteiger partial charge in [0.05, 0.1) is 7.11 Å². The topological polar surface area (TPSA) is 51.2 Å². The molecule has 1 N–H and O–H groups in total. The maximum atomic E-state index is 11.3. The van der Waals surface area contributed by atoms with E-state index in [1.54, 1.807) is 7.11 Å². The first-order valence-electron chi connectivity index (χ1n) is 8.04. The maximum Gasteiger partial charge on any atom is 0.221 e. The number of methoxy groups -OCH3 is 1. The predicted molar refractivity (Wildman–Crippen MR) is 91.9 cm³/mol. The van der Waals surface area contributed by atoms with Gasteiger partial charge in [-0.2, -0.15) is 0 Å². The molecule has 1 aliphatic carbocycles. The van der Waals surface area contributed by atoms with Gasteiger partial charge in [-0.15, -0.1) is 0 Å². The molecule has 0 aliphatic heterocycles. The minimum absolute atomic E-state index is 0.0613. The van der Waals surface area contributed by atoms with E-state index in [-0.39, 0.29) is 5.91 Å². The van der Waals surface area contributed by atoms with Gasteiger partial charge in [-0.3, -0.25) is 4.79 Å². The molecule has 1 heterocycles. The summed E-state index contributed by atoms with van der Waals surface area (Å²) in [6.45, 7) is 3.55. The van der Waals surface area contributed by atoms with Crippen molar-refractivity contribution in [1.82, 2.24) is 4.98 Å². The van der Waals surface area contributed by atoms with Crippen LogP contribution in [-0.4, -0.2) is 18.0 Å². The Bertz CT molecular complexity index is 753. The fourth-order valence-corrected chi connectivity index (χ4v) is 3.42. The molecule has 0 saturated heterocycles. The normalized spacial score (nSPS) is 13.3. The van der Waals surface area contributed by atoms with Gasteiger partial charge in [-0.1, -0.05) is 12.1 Å². The molecule has 4 heteroatoms. The molecule has 2 aromatic rings. The number of aromatic nitrogens is 1. The second-order valence-corrected chi connectivity index (χ2v) is 6.01. The van der Waals surface area contributed by atoms with Crippen LogP contribution in [0.4, 0.5) is 5.69 Å². The largest absolute Gasteiger partial charge is 0.481 e. The first-order valence-corrected chi connectivity index (χ1v) is 8.04. The monoisotopic (exact) mass is 310 g/mol. The van der Waals surface area contributed by atoms with E-state index in [0.29, 0.717) is 0 Å². The lowest BCUT2D eigenvalue weighted by Gasteiger charge is -2.23. The van der Waals surface area contributed by atoms with Crippen LogP contribution in [0.3, 0.4) is 0 Å². The van der Waals surface area contributed by atoms with Gasteiger partial charge >= 0.3 is 0 Å². The highest BCUT2D eigenvalue weighted by Gasteiger charge is 2.22. The van der Waals surface area contributed by atoms with Crippen molar-refractivity contribution >= 4 is 11.6 Å². The van der Waals surface area contributed by atoms with Gasteiger partial charge in [0.2, 0.25) is 11.8 Å². The van der Waals surface area contributed by atoms with Crippen molar-refractivity contribution in [2.75, 3.05) is 12.4 Å². The van der Waals surface area contributed by atoms with Gasteiger partial charge in [0.25, 0.3) is 0 Å². The van der Waals surface area contributed by atoms with Crippen molar-refractivity contribution in [2.24, 2.45) is 0 Å². The number of fused-ring (bicyclic) bond motifs is 1. The van der Waals surface area contributed by atoms with Gasteiger partial charge < -0.3 is 10.1 Å². The number of nitrogens with zero attached hydrogens (tertiary/aromatic N) is 1. The van der Waals surface area contributed by atoms with Gasteiger partial charge in [0.1, 0.15) is 0 Å². The van der Waals surface area contributed by atoms with E-state index in [2.05, 4.69) is 16.4 Å². The number of amides is 1. The molecular weight excluding hydrogens is 288 g/mol. The van der Waals surface area contributed by atoms with Gasteiger partial charge in [-0.05, 0) is 55.9 Å². The van der Waals surface area contributed by atoms with Crippen molar-refractivity contribution in [1.29, 1.82) is 0 Å². The Morgan fingerprint density at radius 3 is 2.65 bits per heavy atom. The average Bonchev–Trinajstić information content (AvgIpc) is 2.53. The van der Waals surface area contributed by atoms with Gasteiger partial charge in [0, 0.05) is 29.4 Å². The van der Waals surface area contributed by atoms with E-state index >= 15 is 0 Å². The summed E-state index contributed by atoms with van der Waals surface area (Å²) in [6, 6.07) is 7.98. The highest BCUT2D eigenvalue weighted by molar-refractivity contribution is 5.89. The van der Waals surface area contributed by atoms with Crippen LogP contribution in [0.15, 0.2) is 24.3 Å². The number of carbonyl (C=O) groups excluding carboxylic acids is 1. The average molecular weight is 310 g/mol. The minimum Gasteiger partial charge on any atom is -0.481 e. The van der Waals surface area contributed by atoms with Crippen molar-refractivity contribution in [3.8, 4) is 17.0 Å². The van der Waals surface area contributed by atoms with Crippen LogP contribution < -0.4 is 10.1 Å². The number of aryl methyl sites for hydroxylation is 1. The number of anilines is 1. The van der Waals surface area contributed by atoms with Crippen LogP contribution in [0.2, 0.25) is 0 Å². The smallest absolute Gasteiger partial charge is 0.221 e. The summed E-state index contributed by atoms with van der Waals surface area (Å²) < 4.78 is 5.49. The molecule has 0 unspecified atom stereocenters. The summed E-state index contributed by atoms with van der Waals surface area (Å²) in [5.41, 5.74) is 6.66. The molecule has 0 radical (unpaired) electrons. The third-order valence-electron chi connectivity index (χ3n) is 4.32. The molecule has 1 aliphatic rings. The van der Waals surface area contributed by atoms with Crippen LogP contribution in [-0.2, 0) is 17.6 Å². The van der Waals surface area contributed by atoms with E-state index in [4.69, 9.17) is 4.74 Å². The summed E-state index contributed by atoms with van der Waals surface area (Å²) in [5.74, 6) is 0.702. The Balaban J connectivity index is 2.14. The quantitative estimate of drug-likeness (QED) is 0.935. The van der Waals surface area contributed by atoms with Crippen LogP contribution in [0.5, 0.6) is 5.88 Å². The summed E-state index contributed by atoms with van der Waals surface area (Å²) in [4.78, 5) is 16.0. The summed E-state index contributed by atoms with van der Waals surface area (Å²) in [5, 5.41) is 2.85. The molecule has 120 valence electrons. The standard InChI is InChI=1S/C19H22N2O2/c1-12-18(14-7-6-8-15(11-14)21-13(2)22)16-9-4-5-10-17(16)19(20-12)23-3/h6-8,11H,4-5,9-10H2,1-3H3,(H,21,22). The molecule has 0 fully saturated rings. The third kappa shape index (κ3) is 3.07. The van der Waals surface area contributed by atoms with Gasteiger partial charge in [-0.25, -0.2) is 4.98 Å². The van der Waals surface area contributed by atoms with Crippen molar-refractivity contribution < 1.29 is 9.53 Å². The van der Waals surface area contributed by atoms with Crippen molar-refractivity contribution in [3.05, 3.63) is 41.1 Å². The number of benzene rings is 1. The zero-order valence-electron chi connectivity index (χ0n) is 13.9. The van der Waals surface area contributed by atoms with Crippen molar-refractivity contribution in [3.63, 3.8) is 0 Å². The predicted octanol–water partition coefficient (Wildman–Crippen LogP) is 3.90. The first kappa shape index (κ1) is 15.5. The highest BCUT2D eigenvalue weighted by Crippen LogP contribution is 2.38. The Hall–Kier alpha value is -2.36. The van der Waals surface area contributed by atoms with Crippen molar-refractivity contribution in [2.45, 2.75) is 39.5 Å².